The minimum atomic E-state index is 0.0611. The molecule has 0 aliphatic carbocycles. The van der Waals surface area contributed by atoms with Crippen LogP contribution in [-0.2, 0) is 9.53 Å². The predicted molar refractivity (Wildman–Crippen MR) is 63.3 cm³/mol. The van der Waals surface area contributed by atoms with E-state index >= 15 is 0 Å². The fourth-order valence-corrected chi connectivity index (χ4v) is 2.12. The molecule has 1 fully saturated rings. The Kier molecular flexibility index (Phi) is 5.60. The van der Waals surface area contributed by atoms with Crippen LogP contribution in [0, 0.1) is 0 Å². The first-order valence-corrected chi connectivity index (χ1v) is 5.91. The molecular formula is C10H20N2O2S. The Hall–Kier alpha value is -0.100. The van der Waals surface area contributed by atoms with Crippen LogP contribution in [0.2, 0.25) is 0 Å². The number of carbonyl (C=O) groups excluding carboxylic acids is 1. The van der Waals surface area contributed by atoms with Gasteiger partial charge in [-0.3, -0.25) is 9.69 Å². The zero-order valence-electron chi connectivity index (χ0n) is 9.40. The van der Waals surface area contributed by atoms with Crippen molar-refractivity contribution in [3.05, 3.63) is 0 Å². The summed E-state index contributed by atoms with van der Waals surface area (Å²) >= 11 is 3.93. The third kappa shape index (κ3) is 3.75. The van der Waals surface area contributed by atoms with Crippen LogP contribution in [0.4, 0.5) is 0 Å². The van der Waals surface area contributed by atoms with Crippen LogP contribution in [0.5, 0.6) is 0 Å². The van der Waals surface area contributed by atoms with Crippen LogP contribution in [-0.4, -0.2) is 56.0 Å². The fourth-order valence-electron chi connectivity index (χ4n) is 1.99. The molecule has 1 N–H and O–H groups in total. The minimum Gasteiger partial charge on any atom is -0.371 e. The second-order valence-corrected chi connectivity index (χ2v) is 4.19. The van der Waals surface area contributed by atoms with Crippen molar-refractivity contribution in [2.24, 2.45) is 0 Å². The maximum Gasteiger partial charge on any atom is 0.152 e. The Balaban J connectivity index is 2.33. The number of carbonyl (C=O) groups is 1. The van der Waals surface area contributed by atoms with Gasteiger partial charge in [0.15, 0.2) is 5.78 Å². The first-order chi connectivity index (χ1) is 7.19. The summed E-state index contributed by atoms with van der Waals surface area (Å²) < 4.78 is 5.06. The number of ketones is 1. The Morgan fingerprint density at radius 3 is 2.93 bits per heavy atom. The fraction of sp³-hybridized carbons (Fsp3) is 0.900. The van der Waals surface area contributed by atoms with Crippen molar-refractivity contribution in [1.29, 1.82) is 0 Å². The minimum absolute atomic E-state index is 0.0611. The molecular weight excluding hydrogens is 212 g/mol. The molecule has 1 aliphatic heterocycles. The zero-order chi connectivity index (χ0) is 11.3. The highest BCUT2D eigenvalue weighted by molar-refractivity contribution is 7.80. The molecule has 0 aromatic heterocycles. The van der Waals surface area contributed by atoms with Crippen molar-refractivity contribution < 1.29 is 9.53 Å². The van der Waals surface area contributed by atoms with E-state index < -0.39 is 0 Å². The van der Waals surface area contributed by atoms with Gasteiger partial charge in [0.25, 0.3) is 0 Å². The molecule has 0 spiro atoms. The monoisotopic (exact) mass is 232 g/mol. The molecule has 2 unspecified atom stereocenters. The van der Waals surface area contributed by atoms with Crippen LogP contribution in [0.25, 0.3) is 0 Å². The molecule has 0 aromatic rings. The number of hydrogen-bond donors (Lipinski definition) is 2. The SMILES string of the molecule is CNC1CC(C(=O)CCOCS)N(C)C1. The first-order valence-electron chi connectivity index (χ1n) is 5.27. The van der Waals surface area contributed by atoms with E-state index in [1.807, 2.05) is 14.1 Å². The van der Waals surface area contributed by atoms with E-state index in [1.54, 1.807) is 0 Å². The standard InChI is InChI=1S/C10H20N2O2S/c1-11-8-5-9(12(2)6-8)10(13)3-4-14-7-15/h8-9,11,15H,3-7H2,1-2H3. The van der Waals surface area contributed by atoms with Crippen LogP contribution in [0.1, 0.15) is 12.8 Å². The second kappa shape index (κ2) is 6.48. The van der Waals surface area contributed by atoms with Gasteiger partial charge in [-0.2, -0.15) is 12.6 Å². The number of ether oxygens (including phenoxy) is 1. The van der Waals surface area contributed by atoms with E-state index in [0.29, 0.717) is 25.0 Å². The number of likely N-dealkylation sites (N-methyl/N-ethyl adjacent to an activating group) is 2. The molecule has 0 saturated carbocycles. The molecule has 88 valence electrons. The lowest BCUT2D eigenvalue weighted by Gasteiger charge is -2.17. The van der Waals surface area contributed by atoms with Crippen molar-refractivity contribution >= 4 is 18.4 Å². The highest BCUT2D eigenvalue weighted by atomic mass is 32.1. The van der Waals surface area contributed by atoms with Crippen molar-refractivity contribution in [3.8, 4) is 0 Å². The molecule has 0 amide bonds. The van der Waals surface area contributed by atoms with E-state index in [4.69, 9.17) is 4.74 Å². The predicted octanol–water partition coefficient (Wildman–Crippen LogP) is 0.142. The topological polar surface area (TPSA) is 41.6 Å². The van der Waals surface area contributed by atoms with Crippen LogP contribution < -0.4 is 5.32 Å². The summed E-state index contributed by atoms with van der Waals surface area (Å²) in [4.78, 5) is 13.9. The van der Waals surface area contributed by atoms with E-state index in [0.717, 1.165) is 13.0 Å². The van der Waals surface area contributed by atoms with Crippen LogP contribution in [0.15, 0.2) is 0 Å². The lowest BCUT2D eigenvalue weighted by molar-refractivity contribution is -0.123. The number of likely N-dealkylation sites (tertiary alicyclic amines) is 1. The Labute approximate surface area is 96.8 Å². The summed E-state index contributed by atoms with van der Waals surface area (Å²) in [5, 5.41) is 3.21. The summed E-state index contributed by atoms with van der Waals surface area (Å²) in [6.07, 6.45) is 1.40. The van der Waals surface area contributed by atoms with Gasteiger partial charge < -0.3 is 10.1 Å². The lowest BCUT2D eigenvalue weighted by atomic mass is 10.1. The molecule has 0 radical (unpaired) electrons. The van der Waals surface area contributed by atoms with Crippen molar-refractivity contribution in [2.75, 3.05) is 33.2 Å². The van der Waals surface area contributed by atoms with Gasteiger partial charge in [-0.05, 0) is 20.5 Å². The summed E-state index contributed by atoms with van der Waals surface area (Å²) in [6.45, 7) is 1.43. The van der Waals surface area contributed by atoms with Crippen LogP contribution in [0.3, 0.4) is 0 Å². The summed E-state index contributed by atoms with van der Waals surface area (Å²) in [5.41, 5.74) is 0. The van der Waals surface area contributed by atoms with Crippen molar-refractivity contribution in [1.82, 2.24) is 10.2 Å². The molecule has 15 heavy (non-hydrogen) atoms. The highest BCUT2D eigenvalue weighted by Crippen LogP contribution is 2.17. The molecule has 0 bridgehead atoms. The average molecular weight is 232 g/mol. The lowest BCUT2D eigenvalue weighted by Crippen LogP contribution is -2.33. The second-order valence-electron chi connectivity index (χ2n) is 3.93. The maximum atomic E-state index is 11.8. The number of nitrogens with one attached hydrogen (secondary N) is 1. The first kappa shape index (κ1) is 13.0. The Morgan fingerprint density at radius 2 is 2.40 bits per heavy atom. The number of thiol groups is 1. The molecule has 5 heteroatoms. The van der Waals surface area contributed by atoms with Crippen molar-refractivity contribution in [2.45, 2.75) is 24.9 Å². The van der Waals surface area contributed by atoms with Gasteiger partial charge in [0.1, 0.15) is 0 Å². The molecule has 1 heterocycles. The van der Waals surface area contributed by atoms with Gasteiger partial charge in [-0.1, -0.05) is 0 Å². The summed E-state index contributed by atoms with van der Waals surface area (Å²) in [5.74, 6) is 0.657. The molecule has 4 nitrogen and oxygen atoms in total. The maximum absolute atomic E-state index is 11.8. The summed E-state index contributed by atoms with van der Waals surface area (Å²) in [7, 11) is 3.94. The largest absolute Gasteiger partial charge is 0.371 e. The van der Waals surface area contributed by atoms with Gasteiger partial charge in [0, 0.05) is 19.0 Å². The highest BCUT2D eigenvalue weighted by Gasteiger charge is 2.32. The molecule has 0 aromatic carbocycles. The van der Waals surface area contributed by atoms with Gasteiger partial charge in [-0.15, -0.1) is 0 Å². The van der Waals surface area contributed by atoms with Gasteiger partial charge in [0.05, 0.1) is 18.6 Å². The molecule has 2 atom stereocenters. The van der Waals surface area contributed by atoms with Gasteiger partial charge in [0.2, 0.25) is 0 Å². The van der Waals surface area contributed by atoms with Crippen LogP contribution >= 0.6 is 12.6 Å². The Morgan fingerprint density at radius 1 is 1.67 bits per heavy atom. The third-order valence-electron chi connectivity index (χ3n) is 2.91. The van der Waals surface area contributed by atoms with E-state index in [2.05, 4.69) is 22.8 Å². The van der Waals surface area contributed by atoms with Gasteiger partial charge in [-0.25, -0.2) is 0 Å². The van der Waals surface area contributed by atoms with Gasteiger partial charge >= 0.3 is 0 Å². The molecule has 1 aliphatic rings. The molecule has 1 saturated heterocycles. The van der Waals surface area contributed by atoms with E-state index in [-0.39, 0.29) is 11.8 Å². The smallest absolute Gasteiger partial charge is 0.152 e. The number of rotatable bonds is 6. The normalized spacial score (nSPS) is 27.1. The molecule has 1 rings (SSSR count). The van der Waals surface area contributed by atoms with E-state index in [1.165, 1.54) is 0 Å². The number of hydrogen-bond acceptors (Lipinski definition) is 5. The number of nitrogens with zero attached hydrogens (tertiary/aromatic N) is 1. The van der Waals surface area contributed by atoms with E-state index in [9.17, 15) is 4.79 Å². The summed E-state index contributed by atoms with van der Waals surface area (Å²) in [6, 6.07) is 0.501. The van der Waals surface area contributed by atoms with Crippen molar-refractivity contribution in [3.63, 3.8) is 0 Å². The third-order valence-corrected chi connectivity index (χ3v) is 3.09. The zero-order valence-corrected chi connectivity index (χ0v) is 10.3. The Bertz CT molecular complexity index is 214. The quantitative estimate of drug-likeness (QED) is 0.388. The average Bonchev–Trinajstić information content (AvgIpc) is 2.60. The number of Topliss-reactive ketones (excluding diaryl/α,β-unsaturated/α-hetero) is 1.